The maximum Gasteiger partial charge on any atom is 0.0363 e. The molecule has 2 atom stereocenters. The minimum absolute atomic E-state index is 0.482. The first-order chi connectivity index (χ1) is 5.84. The van der Waals surface area contributed by atoms with E-state index in [0.717, 1.165) is 11.8 Å². The maximum absolute atomic E-state index is 2.65. The normalized spacial score (nSPS) is 36.5. The minimum atomic E-state index is 0.482. The summed E-state index contributed by atoms with van der Waals surface area (Å²) in [5.74, 6) is 1.67. The summed E-state index contributed by atoms with van der Waals surface area (Å²) >= 11 is 2.65. The van der Waals surface area contributed by atoms with Crippen molar-refractivity contribution < 1.29 is 0 Å². The molecular weight excluding hydrogens is 273 g/mol. The summed E-state index contributed by atoms with van der Waals surface area (Å²) in [4.78, 5) is 2.61. The zero-order valence-corrected chi connectivity index (χ0v) is 11.6. The van der Waals surface area contributed by atoms with Crippen LogP contribution in [0.4, 0.5) is 0 Å². The molecule has 13 heavy (non-hydrogen) atoms. The van der Waals surface area contributed by atoms with Crippen molar-refractivity contribution in [2.24, 2.45) is 11.8 Å². The van der Waals surface area contributed by atoms with E-state index in [0.29, 0.717) is 9.46 Å². The first kappa shape index (κ1) is 11.8. The molecule has 78 valence electrons. The van der Waals surface area contributed by atoms with Gasteiger partial charge in [0, 0.05) is 22.6 Å². The first-order valence-electron chi connectivity index (χ1n) is 5.27. The second kappa shape index (κ2) is 4.05. The Hall–Kier alpha value is 0.690. The highest BCUT2D eigenvalue weighted by Crippen LogP contribution is 2.40. The van der Waals surface area contributed by atoms with Crippen molar-refractivity contribution in [3.8, 4) is 0 Å². The Labute approximate surface area is 96.4 Å². The highest BCUT2D eigenvalue weighted by molar-refractivity contribution is 14.1. The SMILES string of the molecule is CC(C)C1CN(C(C)C)CC1(C)I. The van der Waals surface area contributed by atoms with Crippen LogP contribution in [0.15, 0.2) is 0 Å². The maximum atomic E-state index is 2.65. The second-order valence-electron chi connectivity index (χ2n) is 5.15. The predicted molar refractivity (Wildman–Crippen MR) is 67.5 cm³/mol. The lowest BCUT2D eigenvalue weighted by Gasteiger charge is -2.26. The average Bonchev–Trinajstić information content (AvgIpc) is 2.25. The Bertz CT molecular complexity index is 175. The molecule has 0 radical (unpaired) electrons. The Morgan fingerprint density at radius 3 is 2.08 bits per heavy atom. The second-order valence-corrected chi connectivity index (χ2v) is 7.62. The van der Waals surface area contributed by atoms with Gasteiger partial charge in [0.15, 0.2) is 0 Å². The summed E-state index contributed by atoms with van der Waals surface area (Å²) in [5, 5.41) is 0. The van der Waals surface area contributed by atoms with Crippen LogP contribution >= 0.6 is 22.6 Å². The quantitative estimate of drug-likeness (QED) is 0.559. The van der Waals surface area contributed by atoms with E-state index < -0.39 is 0 Å². The van der Waals surface area contributed by atoms with E-state index in [1.165, 1.54) is 13.1 Å². The third-order valence-corrected chi connectivity index (χ3v) is 4.39. The van der Waals surface area contributed by atoms with Gasteiger partial charge in [0.2, 0.25) is 0 Å². The lowest BCUT2D eigenvalue weighted by atomic mass is 9.87. The average molecular weight is 295 g/mol. The molecule has 1 aliphatic rings. The Kier molecular flexibility index (Phi) is 3.67. The van der Waals surface area contributed by atoms with Crippen molar-refractivity contribution in [1.82, 2.24) is 4.90 Å². The highest BCUT2D eigenvalue weighted by atomic mass is 127. The molecule has 0 spiro atoms. The number of nitrogens with zero attached hydrogens (tertiary/aromatic N) is 1. The van der Waals surface area contributed by atoms with Gasteiger partial charge in [-0.05, 0) is 32.6 Å². The van der Waals surface area contributed by atoms with E-state index in [2.05, 4.69) is 62.1 Å². The predicted octanol–water partition coefficient (Wildman–Crippen LogP) is 3.18. The van der Waals surface area contributed by atoms with Crippen LogP contribution in [-0.4, -0.2) is 27.5 Å². The monoisotopic (exact) mass is 295 g/mol. The van der Waals surface area contributed by atoms with Gasteiger partial charge in [0.1, 0.15) is 0 Å². The van der Waals surface area contributed by atoms with E-state index in [-0.39, 0.29) is 0 Å². The van der Waals surface area contributed by atoms with Gasteiger partial charge in [0.05, 0.1) is 0 Å². The molecule has 0 aliphatic carbocycles. The zero-order valence-electron chi connectivity index (χ0n) is 9.47. The van der Waals surface area contributed by atoms with Gasteiger partial charge >= 0.3 is 0 Å². The van der Waals surface area contributed by atoms with E-state index >= 15 is 0 Å². The van der Waals surface area contributed by atoms with Gasteiger partial charge in [-0.25, -0.2) is 0 Å². The molecule has 1 nitrogen and oxygen atoms in total. The molecule has 2 unspecified atom stereocenters. The van der Waals surface area contributed by atoms with E-state index in [1.807, 2.05) is 0 Å². The first-order valence-corrected chi connectivity index (χ1v) is 6.35. The number of halogens is 1. The molecule has 0 bridgehead atoms. The van der Waals surface area contributed by atoms with Crippen molar-refractivity contribution >= 4 is 22.6 Å². The lowest BCUT2D eigenvalue weighted by Crippen LogP contribution is -2.31. The fraction of sp³-hybridized carbons (Fsp3) is 1.00. The summed E-state index contributed by atoms with van der Waals surface area (Å²) in [5.41, 5.74) is 0. The molecule has 0 amide bonds. The van der Waals surface area contributed by atoms with Crippen LogP contribution in [0.5, 0.6) is 0 Å². The summed E-state index contributed by atoms with van der Waals surface area (Å²) < 4.78 is 0.482. The van der Waals surface area contributed by atoms with Crippen LogP contribution in [0.1, 0.15) is 34.6 Å². The number of likely N-dealkylation sites (tertiary alicyclic amines) is 1. The van der Waals surface area contributed by atoms with Gasteiger partial charge < -0.3 is 0 Å². The fourth-order valence-corrected chi connectivity index (χ4v) is 3.68. The Balaban J connectivity index is 2.68. The molecule has 1 fully saturated rings. The molecule has 1 aliphatic heterocycles. The molecule has 0 aromatic heterocycles. The molecule has 1 rings (SSSR count). The Morgan fingerprint density at radius 2 is 1.85 bits per heavy atom. The van der Waals surface area contributed by atoms with Gasteiger partial charge in [-0.3, -0.25) is 4.90 Å². The van der Waals surface area contributed by atoms with Crippen LogP contribution in [0, 0.1) is 11.8 Å². The van der Waals surface area contributed by atoms with Crippen molar-refractivity contribution in [2.45, 2.75) is 44.1 Å². The van der Waals surface area contributed by atoms with Gasteiger partial charge in [-0.1, -0.05) is 36.4 Å². The Morgan fingerprint density at radius 1 is 1.31 bits per heavy atom. The van der Waals surface area contributed by atoms with E-state index in [9.17, 15) is 0 Å². The van der Waals surface area contributed by atoms with Crippen LogP contribution < -0.4 is 0 Å². The molecule has 0 aromatic rings. The molecule has 2 heteroatoms. The van der Waals surface area contributed by atoms with Gasteiger partial charge in [0.25, 0.3) is 0 Å². The van der Waals surface area contributed by atoms with Crippen molar-refractivity contribution in [1.29, 1.82) is 0 Å². The molecule has 0 saturated carbocycles. The van der Waals surface area contributed by atoms with Crippen LogP contribution in [0.25, 0.3) is 0 Å². The number of hydrogen-bond acceptors (Lipinski definition) is 1. The molecule has 1 saturated heterocycles. The summed E-state index contributed by atoms with van der Waals surface area (Å²) in [6.07, 6.45) is 0. The fourth-order valence-electron chi connectivity index (χ4n) is 2.32. The third kappa shape index (κ3) is 2.58. The molecule has 0 N–H and O–H groups in total. The van der Waals surface area contributed by atoms with E-state index in [1.54, 1.807) is 0 Å². The third-order valence-electron chi connectivity index (χ3n) is 3.25. The standard InChI is InChI=1S/C11H22IN/c1-8(2)10-6-13(9(3)4)7-11(10,5)12/h8-10H,6-7H2,1-5H3. The highest BCUT2D eigenvalue weighted by Gasteiger charge is 2.42. The van der Waals surface area contributed by atoms with Gasteiger partial charge in [-0.2, -0.15) is 0 Å². The van der Waals surface area contributed by atoms with Crippen molar-refractivity contribution in [3.63, 3.8) is 0 Å². The molecule has 0 aromatic carbocycles. The number of alkyl halides is 1. The van der Waals surface area contributed by atoms with E-state index in [4.69, 9.17) is 0 Å². The smallest absolute Gasteiger partial charge is 0.0363 e. The zero-order chi connectivity index (χ0) is 10.2. The number of hydrogen-bond donors (Lipinski definition) is 0. The van der Waals surface area contributed by atoms with Crippen molar-refractivity contribution in [2.75, 3.05) is 13.1 Å². The number of rotatable bonds is 2. The lowest BCUT2D eigenvalue weighted by molar-refractivity contribution is 0.253. The van der Waals surface area contributed by atoms with Gasteiger partial charge in [-0.15, -0.1) is 0 Å². The van der Waals surface area contributed by atoms with Crippen LogP contribution in [0.2, 0.25) is 0 Å². The molecule has 1 heterocycles. The molecular formula is C11H22IN. The summed E-state index contributed by atoms with van der Waals surface area (Å²) in [7, 11) is 0. The largest absolute Gasteiger partial charge is 0.299 e. The van der Waals surface area contributed by atoms with Crippen LogP contribution in [0.3, 0.4) is 0 Å². The van der Waals surface area contributed by atoms with Crippen LogP contribution in [-0.2, 0) is 0 Å². The minimum Gasteiger partial charge on any atom is -0.299 e. The summed E-state index contributed by atoms with van der Waals surface area (Å²) in [6.45, 7) is 14.3. The summed E-state index contributed by atoms with van der Waals surface area (Å²) in [6, 6.07) is 0.706. The van der Waals surface area contributed by atoms with Crippen molar-refractivity contribution in [3.05, 3.63) is 0 Å². The topological polar surface area (TPSA) is 3.24 Å².